The van der Waals surface area contributed by atoms with Gasteiger partial charge in [0.15, 0.2) is 0 Å². The Kier molecular flexibility index (Phi) is 2.68. The van der Waals surface area contributed by atoms with Gasteiger partial charge in [0.05, 0.1) is 6.61 Å². The molecule has 1 aliphatic heterocycles. The predicted molar refractivity (Wildman–Crippen MR) is 63.4 cm³/mol. The van der Waals surface area contributed by atoms with Crippen molar-refractivity contribution in [1.29, 1.82) is 0 Å². The van der Waals surface area contributed by atoms with Crippen LogP contribution in [0.15, 0.2) is 24.3 Å². The van der Waals surface area contributed by atoms with Crippen molar-refractivity contribution < 1.29 is 9.84 Å². The summed E-state index contributed by atoms with van der Waals surface area (Å²) in [4.78, 5) is 0. The number of aromatic hydroxyl groups is 1. The van der Waals surface area contributed by atoms with Gasteiger partial charge < -0.3 is 9.84 Å². The lowest BCUT2D eigenvalue weighted by Gasteiger charge is -2.26. The first-order chi connectivity index (χ1) is 7.39. The highest BCUT2D eigenvalue weighted by atomic mass is 16.5. The minimum absolute atomic E-state index is 0.0334. The predicted octanol–water partition coefficient (Wildman–Crippen LogP) is 2.05. The third-order valence-electron chi connectivity index (χ3n) is 2.83. The van der Waals surface area contributed by atoms with Gasteiger partial charge >= 0.3 is 0 Å². The van der Waals surface area contributed by atoms with Crippen LogP contribution in [0.3, 0.4) is 0 Å². The van der Waals surface area contributed by atoms with Gasteiger partial charge in [0.2, 0.25) is 0 Å². The van der Waals surface area contributed by atoms with Gasteiger partial charge in [0.25, 0.3) is 0 Å². The second-order valence-corrected chi connectivity index (χ2v) is 5.37. The fourth-order valence-corrected chi connectivity index (χ4v) is 2.23. The van der Waals surface area contributed by atoms with E-state index in [0.717, 1.165) is 18.6 Å². The third-order valence-corrected chi connectivity index (χ3v) is 2.83. The molecule has 0 aliphatic carbocycles. The van der Waals surface area contributed by atoms with Crippen molar-refractivity contribution in [3.63, 3.8) is 0 Å². The highest BCUT2D eigenvalue weighted by Crippen LogP contribution is 2.26. The maximum atomic E-state index is 9.22. The zero-order valence-electron chi connectivity index (χ0n) is 10.1. The van der Waals surface area contributed by atoms with Gasteiger partial charge in [0.1, 0.15) is 11.5 Å². The van der Waals surface area contributed by atoms with Gasteiger partial charge in [-0.25, -0.2) is 0 Å². The van der Waals surface area contributed by atoms with Crippen LogP contribution in [-0.4, -0.2) is 23.0 Å². The Morgan fingerprint density at radius 2 is 1.88 bits per heavy atom. The Balaban J connectivity index is 2.07. The summed E-state index contributed by atoms with van der Waals surface area (Å²) in [5, 5.41) is 12.7. The standard InChI is InChI=1S/C13H19NO2/c1-12(2)9-16-13(3,14-12)8-10-4-6-11(15)7-5-10/h4-7,14-15H,8-9H2,1-3H3. The van der Waals surface area contributed by atoms with Crippen molar-refractivity contribution in [1.82, 2.24) is 5.32 Å². The molecule has 1 heterocycles. The molecule has 88 valence electrons. The van der Waals surface area contributed by atoms with E-state index >= 15 is 0 Å². The van der Waals surface area contributed by atoms with Crippen LogP contribution in [0.2, 0.25) is 0 Å². The van der Waals surface area contributed by atoms with E-state index in [4.69, 9.17) is 4.74 Å². The number of hydrogen-bond acceptors (Lipinski definition) is 3. The smallest absolute Gasteiger partial charge is 0.121 e. The number of nitrogens with one attached hydrogen (secondary N) is 1. The van der Waals surface area contributed by atoms with Crippen LogP contribution in [0.4, 0.5) is 0 Å². The average Bonchev–Trinajstić information content (AvgIpc) is 2.45. The van der Waals surface area contributed by atoms with Gasteiger partial charge in [-0.3, -0.25) is 5.32 Å². The third kappa shape index (κ3) is 2.54. The Bertz CT molecular complexity index is 372. The minimum Gasteiger partial charge on any atom is -0.508 e. The number of benzene rings is 1. The summed E-state index contributed by atoms with van der Waals surface area (Å²) in [5.74, 6) is 0.300. The van der Waals surface area contributed by atoms with E-state index < -0.39 is 0 Å². The molecule has 16 heavy (non-hydrogen) atoms. The van der Waals surface area contributed by atoms with Crippen LogP contribution in [0.25, 0.3) is 0 Å². The van der Waals surface area contributed by atoms with E-state index in [-0.39, 0.29) is 11.3 Å². The second-order valence-electron chi connectivity index (χ2n) is 5.37. The lowest BCUT2D eigenvalue weighted by atomic mass is 10.0. The van der Waals surface area contributed by atoms with Crippen LogP contribution in [0.1, 0.15) is 26.3 Å². The Hall–Kier alpha value is -1.06. The van der Waals surface area contributed by atoms with E-state index in [1.54, 1.807) is 12.1 Å². The fourth-order valence-electron chi connectivity index (χ4n) is 2.23. The van der Waals surface area contributed by atoms with Crippen molar-refractivity contribution in [2.75, 3.05) is 6.61 Å². The van der Waals surface area contributed by atoms with Crippen molar-refractivity contribution in [3.8, 4) is 5.75 Å². The van der Waals surface area contributed by atoms with E-state index in [0.29, 0.717) is 5.75 Å². The van der Waals surface area contributed by atoms with Gasteiger partial charge in [-0.15, -0.1) is 0 Å². The summed E-state index contributed by atoms with van der Waals surface area (Å²) in [6.07, 6.45) is 0.802. The molecule has 0 bridgehead atoms. The van der Waals surface area contributed by atoms with Gasteiger partial charge in [0, 0.05) is 12.0 Å². The Morgan fingerprint density at radius 3 is 2.38 bits per heavy atom. The monoisotopic (exact) mass is 221 g/mol. The summed E-state index contributed by atoms with van der Waals surface area (Å²) in [6, 6.07) is 7.27. The molecule has 0 saturated carbocycles. The van der Waals surface area contributed by atoms with Crippen LogP contribution in [0.5, 0.6) is 5.75 Å². The van der Waals surface area contributed by atoms with Crippen molar-refractivity contribution in [3.05, 3.63) is 29.8 Å². The lowest BCUT2D eigenvalue weighted by Crippen LogP contribution is -2.47. The SMILES string of the molecule is CC1(C)COC(C)(Cc2ccc(O)cc2)N1. The fraction of sp³-hybridized carbons (Fsp3) is 0.538. The van der Waals surface area contributed by atoms with Crippen LogP contribution in [-0.2, 0) is 11.2 Å². The molecule has 0 amide bonds. The maximum absolute atomic E-state index is 9.22. The van der Waals surface area contributed by atoms with Gasteiger partial charge in [-0.05, 0) is 38.5 Å². The average molecular weight is 221 g/mol. The molecule has 1 atom stereocenters. The maximum Gasteiger partial charge on any atom is 0.121 e. The molecule has 1 aromatic rings. The highest BCUT2D eigenvalue weighted by molar-refractivity contribution is 5.27. The van der Waals surface area contributed by atoms with Crippen LogP contribution >= 0.6 is 0 Å². The van der Waals surface area contributed by atoms with Gasteiger partial charge in [-0.1, -0.05) is 12.1 Å². The Morgan fingerprint density at radius 1 is 1.25 bits per heavy atom. The molecule has 1 unspecified atom stereocenters. The molecule has 0 spiro atoms. The first kappa shape index (κ1) is 11.4. The quantitative estimate of drug-likeness (QED) is 0.803. The molecule has 3 heteroatoms. The van der Waals surface area contributed by atoms with Gasteiger partial charge in [-0.2, -0.15) is 0 Å². The van der Waals surface area contributed by atoms with E-state index in [1.165, 1.54) is 0 Å². The molecule has 0 radical (unpaired) electrons. The molecular formula is C13H19NO2. The first-order valence-electron chi connectivity index (χ1n) is 5.60. The molecule has 1 saturated heterocycles. The van der Waals surface area contributed by atoms with E-state index in [9.17, 15) is 5.11 Å². The first-order valence-corrected chi connectivity index (χ1v) is 5.60. The zero-order chi connectivity index (χ0) is 11.8. The lowest BCUT2D eigenvalue weighted by molar-refractivity contribution is 0.00669. The minimum atomic E-state index is -0.305. The topological polar surface area (TPSA) is 41.5 Å². The molecule has 2 N–H and O–H groups in total. The number of phenolic OH excluding ortho intramolecular Hbond substituents is 1. The van der Waals surface area contributed by atoms with Crippen molar-refractivity contribution in [2.24, 2.45) is 0 Å². The summed E-state index contributed by atoms with van der Waals surface area (Å²) in [5.41, 5.74) is 0.886. The molecule has 1 aromatic carbocycles. The summed E-state index contributed by atoms with van der Waals surface area (Å²) in [7, 11) is 0. The number of rotatable bonds is 2. The summed E-state index contributed by atoms with van der Waals surface area (Å²) in [6.45, 7) is 7.06. The number of ether oxygens (including phenoxy) is 1. The largest absolute Gasteiger partial charge is 0.508 e. The molecule has 2 rings (SSSR count). The molecular weight excluding hydrogens is 202 g/mol. The zero-order valence-corrected chi connectivity index (χ0v) is 10.1. The molecule has 3 nitrogen and oxygen atoms in total. The highest BCUT2D eigenvalue weighted by Gasteiger charge is 2.39. The van der Waals surface area contributed by atoms with Crippen molar-refractivity contribution in [2.45, 2.75) is 38.5 Å². The molecule has 1 aliphatic rings. The molecule has 0 aromatic heterocycles. The summed E-state index contributed by atoms with van der Waals surface area (Å²) < 4.78 is 5.82. The normalized spacial score (nSPS) is 28.2. The van der Waals surface area contributed by atoms with E-state index in [1.807, 2.05) is 12.1 Å². The van der Waals surface area contributed by atoms with Crippen LogP contribution < -0.4 is 5.32 Å². The number of hydrogen-bond donors (Lipinski definition) is 2. The van der Waals surface area contributed by atoms with E-state index in [2.05, 4.69) is 26.1 Å². The summed E-state index contributed by atoms with van der Waals surface area (Å²) >= 11 is 0. The Labute approximate surface area is 96.4 Å². The second kappa shape index (κ2) is 3.75. The van der Waals surface area contributed by atoms with Crippen molar-refractivity contribution >= 4 is 0 Å². The molecule has 1 fully saturated rings. The number of phenols is 1. The van der Waals surface area contributed by atoms with Crippen LogP contribution in [0, 0.1) is 0 Å².